The van der Waals surface area contributed by atoms with E-state index in [1.54, 1.807) is 25.1 Å². The molecule has 0 aliphatic heterocycles. The molecule has 5 nitrogen and oxygen atoms in total. The van der Waals surface area contributed by atoms with Crippen molar-refractivity contribution in [2.45, 2.75) is 19.8 Å². The van der Waals surface area contributed by atoms with Crippen molar-refractivity contribution >= 4 is 35.1 Å². The molecule has 0 atom stereocenters. The van der Waals surface area contributed by atoms with Gasteiger partial charge in [0.25, 0.3) is 0 Å². The molecule has 0 spiro atoms. The number of esters is 1. The van der Waals surface area contributed by atoms with Crippen LogP contribution in [0, 0.1) is 0 Å². The molecular formula is C14H17Cl2NO4. The Morgan fingerprint density at radius 2 is 2.05 bits per heavy atom. The summed E-state index contributed by atoms with van der Waals surface area (Å²) >= 11 is 11.8. The van der Waals surface area contributed by atoms with Crippen molar-refractivity contribution in [3.05, 3.63) is 28.2 Å². The summed E-state index contributed by atoms with van der Waals surface area (Å²) < 4.78 is 10.1. The summed E-state index contributed by atoms with van der Waals surface area (Å²) in [6.45, 7) is 2.21. The quantitative estimate of drug-likeness (QED) is 0.586. The molecule has 21 heavy (non-hydrogen) atoms. The number of carbonyl (C=O) groups is 2. The Bertz CT molecular complexity index is 494. The van der Waals surface area contributed by atoms with Gasteiger partial charge in [-0.2, -0.15) is 0 Å². The van der Waals surface area contributed by atoms with Crippen LogP contribution in [0.2, 0.25) is 10.0 Å². The molecule has 1 rings (SSSR count). The van der Waals surface area contributed by atoms with E-state index in [-0.39, 0.29) is 18.9 Å². The lowest BCUT2D eigenvalue weighted by Crippen LogP contribution is -2.30. The predicted octanol–water partition coefficient (Wildman–Crippen LogP) is 2.83. The molecule has 1 amide bonds. The van der Waals surface area contributed by atoms with E-state index in [0.717, 1.165) is 0 Å². The standard InChI is InChI=1S/C14H17Cl2NO4/c1-2-20-13(19)9-17-12(18)7-4-8-21-11-6-3-5-10(15)14(11)16/h3,5-6H,2,4,7-9H2,1H3,(H,17,18). The third-order valence-electron chi connectivity index (χ3n) is 2.46. The van der Waals surface area contributed by atoms with Crippen LogP contribution >= 0.6 is 23.2 Å². The second kappa shape index (κ2) is 9.47. The minimum atomic E-state index is -0.451. The minimum absolute atomic E-state index is 0.117. The first-order chi connectivity index (χ1) is 10.0. The van der Waals surface area contributed by atoms with Gasteiger partial charge in [-0.25, -0.2) is 0 Å². The van der Waals surface area contributed by atoms with E-state index in [2.05, 4.69) is 5.32 Å². The Kier molecular flexibility index (Phi) is 7.93. The molecule has 0 fully saturated rings. The average molecular weight is 334 g/mol. The Morgan fingerprint density at radius 3 is 2.76 bits per heavy atom. The summed E-state index contributed by atoms with van der Waals surface area (Å²) in [5, 5.41) is 3.24. The van der Waals surface area contributed by atoms with Crippen LogP contribution in [-0.2, 0) is 14.3 Å². The van der Waals surface area contributed by atoms with Crippen LogP contribution in [-0.4, -0.2) is 31.6 Å². The second-order valence-electron chi connectivity index (χ2n) is 4.09. The summed E-state index contributed by atoms with van der Waals surface area (Å²) in [6, 6.07) is 5.10. The zero-order valence-corrected chi connectivity index (χ0v) is 13.2. The molecule has 0 saturated heterocycles. The van der Waals surface area contributed by atoms with E-state index in [1.807, 2.05) is 0 Å². The van der Waals surface area contributed by atoms with E-state index in [4.69, 9.17) is 32.7 Å². The van der Waals surface area contributed by atoms with Crippen LogP contribution in [0.15, 0.2) is 18.2 Å². The molecule has 116 valence electrons. The highest BCUT2D eigenvalue weighted by Crippen LogP contribution is 2.31. The molecule has 0 aromatic heterocycles. The van der Waals surface area contributed by atoms with Crippen LogP contribution in [0.5, 0.6) is 5.75 Å². The van der Waals surface area contributed by atoms with Gasteiger partial charge in [0.2, 0.25) is 5.91 Å². The Labute approximate surface area is 133 Å². The van der Waals surface area contributed by atoms with Crippen LogP contribution in [0.1, 0.15) is 19.8 Å². The Morgan fingerprint density at radius 1 is 1.29 bits per heavy atom. The van der Waals surface area contributed by atoms with Crippen molar-refractivity contribution < 1.29 is 19.1 Å². The lowest BCUT2D eigenvalue weighted by atomic mass is 10.3. The molecular weight excluding hydrogens is 317 g/mol. The summed E-state index contributed by atoms with van der Waals surface area (Å²) in [5.74, 6) is -0.201. The molecule has 0 aliphatic carbocycles. The van der Waals surface area contributed by atoms with Gasteiger partial charge in [0.1, 0.15) is 17.3 Å². The molecule has 7 heteroatoms. The number of carbonyl (C=O) groups excluding carboxylic acids is 2. The highest BCUT2D eigenvalue weighted by atomic mass is 35.5. The van der Waals surface area contributed by atoms with Gasteiger partial charge in [-0.1, -0.05) is 29.3 Å². The molecule has 0 bridgehead atoms. The van der Waals surface area contributed by atoms with Crippen molar-refractivity contribution in [3.8, 4) is 5.75 Å². The number of hydrogen-bond donors (Lipinski definition) is 1. The van der Waals surface area contributed by atoms with Gasteiger partial charge in [-0.15, -0.1) is 0 Å². The zero-order chi connectivity index (χ0) is 15.7. The van der Waals surface area contributed by atoms with Crippen molar-refractivity contribution in [1.82, 2.24) is 5.32 Å². The SMILES string of the molecule is CCOC(=O)CNC(=O)CCCOc1cccc(Cl)c1Cl. The molecule has 0 saturated carbocycles. The fourth-order valence-corrected chi connectivity index (χ4v) is 1.83. The van der Waals surface area contributed by atoms with Gasteiger partial charge in [0.05, 0.1) is 18.2 Å². The molecule has 0 aliphatic rings. The fourth-order valence-electron chi connectivity index (χ4n) is 1.48. The first-order valence-corrected chi connectivity index (χ1v) is 7.29. The van der Waals surface area contributed by atoms with Crippen LogP contribution in [0.25, 0.3) is 0 Å². The van der Waals surface area contributed by atoms with Gasteiger partial charge >= 0.3 is 5.97 Å². The summed E-state index contributed by atoms with van der Waals surface area (Å²) in [6.07, 6.45) is 0.745. The maximum absolute atomic E-state index is 11.5. The summed E-state index contributed by atoms with van der Waals surface area (Å²) in [7, 11) is 0. The molecule has 0 radical (unpaired) electrons. The molecule has 1 aromatic rings. The Balaban J connectivity index is 2.20. The zero-order valence-electron chi connectivity index (χ0n) is 11.7. The lowest BCUT2D eigenvalue weighted by molar-refractivity contribution is -0.143. The van der Waals surface area contributed by atoms with Crippen LogP contribution in [0.4, 0.5) is 0 Å². The van der Waals surface area contributed by atoms with E-state index >= 15 is 0 Å². The van der Waals surface area contributed by atoms with Crippen molar-refractivity contribution in [2.24, 2.45) is 0 Å². The number of hydrogen-bond acceptors (Lipinski definition) is 4. The molecule has 1 N–H and O–H groups in total. The normalized spacial score (nSPS) is 10.0. The maximum atomic E-state index is 11.5. The van der Waals surface area contributed by atoms with E-state index in [0.29, 0.717) is 35.4 Å². The summed E-state index contributed by atoms with van der Waals surface area (Å²) in [4.78, 5) is 22.5. The average Bonchev–Trinajstić information content (AvgIpc) is 2.46. The number of amides is 1. The summed E-state index contributed by atoms with van der Waals surface area (Å²) in [5.41, 5.74) is 0. The largest absolute Gasteiger partial charge is 0.492 e. The number of nitrogens with one attached hydrogen (secondary N) is 1. The molecule has 0 heterocycles. The smallest absolute Gasteiger partial charge is 0.325 e. The van der Waals surface area contributed by atoms with Crippen molar-refractivity contribution in [2.75, 3.05) is 19.8 Å². The van der Waals surface area contributed by atoms with Crippen LogP contribution in [0.3, 0.4) is 0 Å². The number of rotatable bonds is 8. The first-order valence-electron chi connectivity index (χ1n) is 6.53. The fraction of sp³-hybridized carbons (Fsp3) is 0.429. The van der Waals surface area contributed by atoms with Gasteiger partial charge in [0.15, 0.2) is 0 Å². The van der Waals surface area contributed by atoms with E-state index < -0.39 is 5.97 Å². The minimum Gasteiger partial charge on any atom is -0.492 e. The van der Waals surface area contributed by atoms with Gasteiger partial charge in [0, 0.05) is 6.42 Å². The third-order valence-corrected chi connectivity index (χ3v) is 3.26. The van der Waals surface area contributed by atoms with E-state index in [1.165, 1.54) is 0 Å². The molecule has 1 aromatic carbocycles. The highest BCUT2D eigenvalue weighted by molar-refractivity contribution is 6.42. The first kappa shape index (κ1) is 17.6. The maximum Gasteiger partial charge on any atom is 0.325 e. The lowest BCUT2D eigenvalue weighted by Gasteiger charge is -2.09. The van der Waals surface area contributed by atoms with Gasteiger partial charge in [-0.05, 0) is 25.5 Å². The second-order valence-corrected chi connectivity index (χ2v) is 4.87. The topological polar surface area (TPSA) is 64.6 Å². The number of benzene rings is 1. The Hall–Kier alpha value is -1.46. The monoisotopic (exact) mass is 333 g/mol. The van der Waals surface area contributed by atoms with Crippen molar-refractivity contribution in [3.63, 3.8) is 0 Å². The van der Waals surface area contributed by atoms with Gasteiger partial charge < -0.3 is 14.8 Å². The highest BCUT2D eigenvalue weighted by Gasteiger charge is 2.07. The van der Waals surface area contributed by atoms with E-state index in [9.17, 15) is 9.59 Å². The third kappa shape index (κ3) is 6.69. The predicted molar refractivity (Wildman–Crippen MR) is 80.8 cm³/mol. The van der Waals surface area contributed by atoms with Gasteiger partial charge in [-0.3, -0.25) is 9.59 Å². The number of halogens is 2. The van der Waals surface area contributed by atoms with Crippen LogP contribution < -0.4 is 10.1 Å². The van der Waals surface area contributed by atoms with Crippen molar-refractivity contribution in [1.29, 1.82) is 0 Å². The molecule has 0 unspecified atom stereocenters. The number of ether oxygens (including phenoxy) is 2.